The molecule has 6 nitrogen and oxygen atoms in total. The number of sulfonamides is 1. The number of nitrogens with two attached hydrogens (primary N) is 1. The van der Waals surface area contributed by atoms with Gasteiger partial charge in [0.05, 0.1) is 17.0 Å². The molecule has 0 radical (unpaired) electrons. The highest BCUT2D eigenvalue weighted by Crippen LogP contribution is 2.15. The van der Waals surface area contributed by atoms with Crippen molar-refractivity contribution in [2.24, 2.45) is 5.14 Å². The summed E-state index contributed by atoms with van der Waals surface area (Å²) in [5.41, 5.74) is 0.809. The molecule has 1 amide bonds. The van der Waals surface area contributed by atoms with E-state index in [0.717, 1.165) is 5.56 Å². The van der Waals surface area contributed by atoms with Gasteiger partial charge in [-0.05, 0) is 38.6 Å². The number of amides is 1. The lowest BCUT2D eigenvalue weighted by molar-refractivity contribution is -0.123. The Balaban J connectivity index is 2.79. The van der Waals surface area contributed by atoms with Crippen molar-refractivity contribution in [2.45, 2.75) is 30.8 Å². The molecule has 0 aliphatic rings. The summed E-state index contributed by atoms with van der Waals surface area (Å²) in [6, 6.07) is 5.62. The van der Waals surface area contributed by atoms with Crippen LogP contribution in [-0.2, 0) is 14.8 Å². The summed E-state index contributed by atoms with van der Waals surface area (Å²) in [4.78, 5) is 11.7. The maximum absolute atomic E-state index is 11.7. The second-order valence-corrected chi connectivity index (χ2v) is 5.92. The number of hydrogen-bond donors (Lipinski definition) is 3. The molecule has 0 aliphatic heterocycles. The van der Waals surface area contributed by atoms with E-state index in [4.69, 9.17) is 5.14 Å². The zero-order valence-electron chi connectivity index (χ0n) is 11.2. The van der Waals surface area contributed by atoms with Gasteiger partial charge in [-0.25, -0.2) is 13.6 Å². The van der Waals surface area contributed by atoms with Crippen molar-refractivity contribution in [3.05, 3.63) is 29.8 Å². The number of primary sulfonamides is 1. The van der Waals surface area contributed by atoms with Crippen LogP contribution in [0.25, 0.3) is 0 Å². The van der Waals surface area contributed by atoms with Crippen LogP contribution in [0, 0.1) is 0 Å². The van der Waals surface area contributed by atoms with E-state index in [-0.39, 0.29) is 22.9 Å². The maximum Gasteiger partial charge on any atom is 0.238 e. The van der Waals surface area contributed by atoms with E-state index in [1.807, 2.05) is 6.92 Å². The van der Waals surface area contributed by atoms with Crippen molar-refractivity contribution in [3.8, 4) is 0 Å². The van der Waals surface area contributed by atoms with Crippen molar-refractivity contribution in [1.29, 1.82) is 0 Å². The SMILES string of the molecule is CNC(C)C(=O)NC(C)c1ccc(S(N)(=O)=O)cc1. The fourth-order valence-corrected chi connectivity index (χ4v) is 2.01. The van der Waals surface area contributed by atoms with E-state index in [1.165, 1.54) is 12.1 Å². The van der Waals surface area contributed by atoms with E-state index in [9.17, 15) is 13.2 Å². The van der Waals surface area contributed by atoms with Gasteiger partial charge in [0.1, 0.15) is 0 Å². The van der Waals surface area contributed by atoms with Crippen LogP contribution in [0.5, 0.6) is 0 Å². The Kier molecular flexibility index (Phi) is 5.04. The molecule has 1 aromatic carbocycles. The number of likely N-dealkylation sites (N-methyl/N-ethyl adjacent to an activating group) is 1. The molecule has 0 aliphatic carbocycles. The number of carbonyl (C=O) groups excluding carboxylic acids is 1. The van der Waals surface area contributed by atoms with Gasteiger partial charge >= 0.3 is 0 Å². The molecule has 19 heavy (non-hydrogen) atoms. The predicted octanol–water partition coefficient (Wildman–Crippen LogP) is 0.119. The Bertz CT molecular complexity index is 540. The lowest BCUT2D eigenvalue weighted by atomic mass is 10.1. The average molecular weight is 285 g/mol. The quantitative estimate of drug-likeness (QED) is 0.715. The fourth-order valence-electron chi connectivity index (χ4n) is 1.50. The molecule has 0 heterocycles. The average Bonchev–Trinajstić information content (AvgIpc) is 2.36. The lowest BCUT2D eigenvalue weighted by Gasteiger charge is -2.17. The van der Waals surface area contributed by atoms with Crippen molar-refractivity contribution in [2.75, 3.05) is 7.05 Å². The Hall–Kier alpha value is -1.44. The number of rotatable bonds is 5. The zero-order valence-corrected chi connectivity index (χ0v) is 12.0. The highest BCUT2D eigenvalue weighted by molar-refractivity contribution is 7.89. The Morgan fingerprint density at radius 1 is 1.21 bits per heavy atom. The molecule has 2 unspecified atom stereocenters. The Morgan fingerprint density at radius 2 is 1.74 bits per heavy atom. The third kappa shape index (κ3) is 4.30. The van der Waals surface area contributed by atoms with Crippen molar-refractivity contribution < 1.29 is 13.2 Å². The van der Waals surface area contributed by atoms with Crippen LogP contribution in [0.3, 0.4) is 0 Å². The molecule has 0 saturated heterocycles. The monoisotopic (exact) mass is 285 g/mol. The van der Waals surface area contributed by atoms with Gasteiger partial charge in [-0.2, -0.15) is 0 Å². The second kappa shape index (κ2) is 6.14. The molecule has 106 valence electrons. The minimum Gasteiger partial charge on any atom is -0.348 e. The van der Waals surface area contributed by atoms with E-state index < -0.39 is 10.0 Å². The lowest BCUT2D eigenvalue weighted by Crippen LogP contribution is -2.41. The molecule has 2 atom stereocenters. The summed E-state index contributed by atoms with van der Waals surface area (Å²) >= 11 is 0. The summed E-state index contributed by atoms with van der Waals surface area (Å²) < 4.78 is 22.2. The Labute approximate surface area is 113 Å². The molecule has 1 rings (SSSR count). The molecule has 1 aromatic rings. The topological polar surface area (TPSA) is 101 Å². The van der Waals surface area contributed by atoms with E-state index in [0.29, 0.717) is 0 Å². The summed E-state index contributed by atoms with van der Waals surface area (Å²) in [6.45, 7) is 3.58. The number of carbonyl (C=O) groups is 1. The van der Waals surface area contributed by atoms with E-state index in [2.05, 4.69) is 10.6 Å². The van der Waals surface area contributed by atoms with E-state index in [1.54, 1.807) is 26.1 Å². The van der Waals surface area contributed by atoms with Crippen molar-refractivity contribution >= 4 is 15.9 Å². The molecule has 4 N–H and O–H groups in total. The maximum atomic E-state index is 11.7. The minimum absolute atomic E-state index is 0.0540. The van der Waals surface area contributed by atoms with Gasteiger partial charge in [0.25, 0.3) is 0 Å². The molecule has 0 spiro atoms. The van der Waals surface area contributed by atoms with Crippen LogP contribution < -0.4 is 15.8 Å². The smallest absolute Gasteiger partial charge is 0.238 e. The largest absolute Gasteiger partial charge is 0.348 e. The van der Waals surface area contributed by atoms with Gasteiger partial charge in [-0.15, -0.1) is 0 Å². The third-order valence-electron chi connectivity index (χ3n) is 2.89. The second-order valence-electron chi connectivity index (χ2n) is 4.35. The fraction of sp³-hybridized carbons (Fsp3) is 0.417. The molecule has 0 bridgehead atoms. The molecular formula is C12H19N3O3S. The highest BCUT2D eigenvalue weighted by atomic mass is 32.2. The van der Waals surface area contributed by atoms with Gasteiger partial charge in [0.15, 0.2) is 0 Å². The van der Waals surface area contributed by atoms with Crippen LogP contribution in [0.15, 0.2) is 29.2 Å². The van der Waals surface area contributed by atoms with Gasteiger partial charge < -0.3 is 10.6 Å². The van der Waals surface area contributed by atoms with Crippen LogP contribution in [-0.4, -0.2) is 27.4 Å². The molecule has 0 fully saturated rings. The van der Waals surface area contributed by atoms with Gasteiger partial charge in [0.2, 0.25) is 15.9 Å². The van der Waals surface area contributed by atoms with Crippen LogP contribution in [0.2, 0.25) is 0 Å². The first-order valence-electron chi connectivity index (χ1n) is 5.86. The summed E-state index contributed by atoms with van der Waals surface area (Å²) in [7, 11) is -1.98. The van der Waals surface area contributed by atoms with Crippen LogP contribution in [0.1, 0.15) is 25.5 Å². The third-order valence-corrected chi connectivity index (χ3v) is 3.82. The summed E-state index contributed by atoms with van der Waals surface area (Å²) in [6.07, 6.45) is 0. The molecular weight excluding hydrogens is 266 g/mol. The van der Waals surface area contributed by atoms with Gasteiger partial charge in [-0.3, -0.25) is 4.79 Å². The molecule has 7 heteroatoms. The standard InChI is InChI=1S/C12H19N3O3S/c1-8(15-12(16)9(2)14-3)10-4-6-11(7-5-10)19(13,17)18/h4-9,14H,1-3H3,(H,15,16)(H2,13,17,18). The highest BCUT2D eigenvalue weighted by Gasteiger charge is 2.15. The molecule has 0 aromatic heterocycles. The van der Waals surface area contributed by atoms with Crippen molar-refractivity contribution in [1.82, 2.24) is 10.6 Å². The summed E-state index contributed by atoms with van der Waals surface area (Å²) in [5, 5.41) is 10.7. The van der Waals surface area contributed by atoms with Crippen LogP contribution in [0.4, 0.5) is 0 Å². The van der Waals surface area contributed by atoms with Gasteiger partial charge in [-0.1, -0.05) is 12.1 Å². The number of hydrogen-bond acceptors (Lipinski definition) is 4. The summed E-state index contributed by atoms with van der Waals surface area (Å²) in [5.74, 6) is -0.120. The first-order chi connectivity index (χ1) is 8.75. The minimum atomic E-state index is -3.68. The normalized spacial score (nSPS) is 14.7. The van der Waals surface area contributed by atoms with Gasteiger partial charge in [0, 0.05) is 0 Å². The zero-order chi connectivity index (χ0) is 14.6. The van der Waals surface area contributed by atoms with Crippen LogP contribution >= 0.6 is 0 Å². The first kappa shape index (κ1) is 15.6. The number of nitrogens with one attached hydrogen (secondary N) is 2. The number of benzene rings is 1. The predicted molar refractivity (Wildman–Crippen MR) is 72.9 cm³/mol. The Morgan fingerprint density at radius 3 is 2.16 bits per heavy atom. The first-order valence-corrected chi connectivity index (χ1v) is 7.40. The van der Waals surface area contributed by atoms with Crippen molar-refractivity contribution in [3.63, 3.8) is 0 Å². The molecule has 0 saturated carbocycles. The van der Waals surface area contributed by atoms with E-state index >= 15 is 0 Å².